The summed E-state index contributed by atoms with van der Waals surface area (Å²) < 4.78 is 16.0. The van der Waals surface area contributed by atoms with Crippen LogP contribution in [0.5, 0.6) is 17.2 Å². The van der Waals surface area contributed by atoms with Crippen molar-refractivity contribution in [2.75, 3.05) is 41.5 Å². The monoisotopic (exact) mass is 322 g/mol. The molecule has 1 saturated heterocycles. The number of benzene rings is 1. The van der Waals surface area contributed by atoms with Crippen molar-refractivity contribution < 1.29 is 19.0 Å². The van der Waals surface area contributed by atoms with Gasteiger partial charge in [0.25, 0.3) is 0 Å². The summed E-state index contributed by atoms with van der Waals surface area (Å²) in [4.78, 5) is 14.6. The fourth-order valence-corrected chi connectivity index (χ4v) is 3.13. The Balaban J connectivity index is 2.17. The van der Waals surface area contributed by atoms with Gasteiger partial charge in [-0.25, -0.2) is 0 Å². The molecule has 0 spiro atoms. The van der Waals surface area contributed by atoms with Gasteiger partial charge in [-0.1, -0.05) is 0 Å². The van der Waals surface area contributed by atoms with Crippen molar-refractivity contribution in [3.8, 4) is 17.2 Å². The summed E-state index contributed by atoms with van der Waals surface area (Å²) in [7, 11) is 6.64. The van der Waals surface area contributed by atoms with Gasteiger partial charge in [-0.2, -0.15) is 0 Å². The Morgan fingerprint density at radius 3 is 2.39 bits per heavy atom. The number of hydrogen-bond acceptors (Lipinski definition) is 5. The smallest absolute Gasteiger partial charge is 0.227 e. The zero-order valence-electron chi connectivity index (χ0n) is 14.3. The molecule has 6 nitrogen and oxygen atoms in total. The minimum Gasteiger partial charge on any atom is -0.493 e. The predicted molar refractivity (Wildman–Crippen MR) is 88.5 cm³/mol. The lowest BCUT2D eigenvalue weighted by atomic mass is 10.1. The molecule has 2 rings (SSSR count). The van der Waals surface area contributed by atoms with Gasteiger partial charge in [0.15, 0.2) is 11.5 Å². The molecule has 23 heavy (non-hydrogen) atoms. The maximum absolute atomic E-state index is 12.6. The summed E-state index contributed by atoms with van der Waals surface area (Å²) in [6, 6.07) is 3.96. The molecule has 1 N–H and O–H groups in total. The topological polar surface area (TPSA) is 60.0 Å². The highest BCUT2D eigenvalue weighted by Gasteiger charge is 2.28. The number of nitrogens with zero attached hydrogens (tertiary/aromatic N) is 1. The van der Waals surface area contributed by atoms with Crippen LogP contribution in [0.4, 0.5) is 0 Å². The molecule has 1 atom stereocenters. The van der Waals surface area contributed by atoms with E-state index in [1.165, 1.54) is 0 Å². The number of methoxy groups -OCH3 is 3. The number of amides is 1. The van der Waals surface area contributed by atoms with Gasteiger partial charge in [0.1, 0.15) is 0 Å². The van der Waals surface area contributed by atoms with Crippen LogP contribution >= 0.6 is 0 Å². The average molecular weight is 322 g/mol. The molecule has 1 aliphatic heterocycles. The van der Waals surface area contributed by atoms with Crippen LogP contribution < -0.4 is 19.5 Å². The first-order valence-electron chi connectivity index (χ1n) is 7.87. The SMILES string of the molecule is CNCC1CCCN1C(=O)Cc1cc(OC)c(OC)c(OC)c1. The van der Waals surface area contributed by atoms with Gasteiger partial charge >= 0.3 is 0 Å². The van der Waals surface area contributed by atoms with Crippen molar-refractivity contribution in [2.45, 2.75) is 25.3 Å². The standard InChI is InChI=1S/C17H26N2O4/c1-18-11-13-6-5-7-19(13)16(20)10-12-8-14(21-2)17(23-4)15(9-12)22-3/h8-9,13,18H,5-7,10-11H2,1-4H3. The zero-order chi connectivity index (χ0) is 16.8. The molecular weight excluding hydrogens is 296 g/mol. The van der Waals surface area contributed by atoms with E-state index in [4.69, 9.17) is 14.2 Å². The molecule has 1 heterocycles. The van der Waals surface area contributed by atoms with Gasteiger partial charge in [0, 0.05) is 19.1 Å². The summed E-state index contributed by atoms with van der Waals surface area (Å²) in [5, 5.41) is 3.16. The Bertz CT molecular complexity index is 522. The predicted octanol–water partition coefficient (Wildman–Crippen LogP) is 1.47. The van der Waals surface area contributed by atoms with Gasteiger partial charge < -0.3 is 24.4 Å². The number of hydrogen-bond donors (Lipinski definition) is 1. The Kier molecular flexibility index (Phi) is 6.10. The minimum absolute atomic E-state index is 0.136. The molecule has 1 aliphatic rings. The first-order valence-corrected chi connectivity index (χ1v) is 7.87. The Hall–Kier alpha value is -1.95. The number of likely N-dealkylation sites (N-methyl/N-ethyl adjacent to an activating group) is 1. The molecule has 0 bridgehead atoms. The second-order valence-electron chi connectivity index (χ2n) is 5.65. The van der Waals surface area contributed by atoms with E-state index in [1.54, 1.807) is 21.3 Å². The highest BCUT2D eigenvalue weighted by molar-refractivity contribution is 5.80. The number of carbonyl (C=O) groups is 1. The summed E-state index contributed by atoms with van der Waals surface area (Å²) in [6.07, 6.45) is 2.45. The van der Waals surface area contributed by atoms with Crippen LogP contribution in [-0.2, 0) is 11.2 Å². The van der Waals surface area contributed by atoms with E-state index in [2.05, 4.69) is 5.32 Å². The minimum atomic E-state index is 0.136. The molecule has 0 aliphatic carbocycles. The average Bonchev–Trinajstić information content (AvgIpc) is 3.02. The van der Waals surface area contributed by atoms with Crippen LogP contribution in [0.15, 0.2) is 12.1 Å². The van der Waals surface area contributed by atoms with E-state index in [1.807, 2.05) is 24.1 Å². The second-order valence-corrected chi connectivity index (χ2v) is 5.65. The number of likely N-dealkylation sites (tertiary alicyclic amines) is 1. The van der Waals surface area contributed by atoms with Crippen molar-refractivity contribution in [2.24, 2.45) is 0 Å². The fourth-order valence-electron chi connectivity index (χ4n) is 3.13. The summed E-state index contributed by atoms with van der Waals surface area (Å²) in [6.45, 7) is 1.66. The molecule has 1 unspecified atom stereocenters. The van der Waals surface area contributed by atoms with E-state index < -0.39 is 0 Å². The summed E-state index contributed by atoms with van der Waals surface area (Å²) in [5.41, 5.74) is 0.861. The van der Waals surface area contributed by atoms with Crippen LogP contribution in [0.25, 0.3) is 0 Å². The third kappa shape index (κ3) is 3.88. The molecule has 0 aromatic heterocycles. The largest absolute Gasteiger partial charge is 0.493 e. The molecule has 0 radical (unpaired) electrons. The van der Waals surface area contributed by atoms with Gasteiger partial charge in [0.2, 0.25) is 11.7 Å². The van der Waals surface area contributed by atoms with Crippen LogP contribution in [-0.4, -0.2) is 58.3 Å². The number of carbonyl (C=O) groups excluding carboxylic acids is 1. The lowest BCUT2D eigenvalue weighted by Gasteiger charge is -2.25. The number of rotatable bonds is 7. The number of nitrogens with one attached hydrogen (secondary N) is 1. The molecule has 1 aromatic rings. The third-order valence-electron chi connectivity index (χ3n) is 4.22. The second kappa shape index (κ2) is 8.06. The highest BCUT2D eigenvalue weighted by Crippen LogP contribution is 2.38. The Labute approximate surface area is 137 Å². The molecule has 128 valence electrons. The third-order valence-corrected chi connectivity index (χ3v) is 4.22. The quantitative estimate of drug-likeness (QED) is 0.824. The van der Waals surface area contributed by atoms with Crippen molar-refractivity contribution in [1.29, 1.82) is 0 Å². The maximum Gasteiger partial charge on any atom is 0.227 e. The van der Waals surface area contributed by atoms with E-state index in [-0.39, 0.29) is 11.9 Å². The molecule has 0 saturated carbocycles. The Morgan fingerprint density at radius 1 is 1.22 bits per heavy atom. The van der Waals surface area contributed by atoms with Crippen molar-refractivity contribution in [1.82, 2.24) is 10.2 Å². The lowest BCUT2D eigenvalue weighted by molar-refractivity contribution is -0.131. The fraction of sp³-hybridized carbons (Fsp3) is 0.588. The van der Waals surface area contributed by atoms with E-state index in [0.717, 1.165) is 31.5 Å². The maximum atomic E-state index is 12.6. The summed E-state index contributed by atoms with van der Waals surface area (Å²) in [5.74, 6) is 1.82. The van der Waals surface area contributed by atoms with Crippen molar-refractivity contribution in [3.63, 3.8) is 0 Å². The first kappa shape index (κ1) is 17.4. The Morgan fingerprint density at radius 2 is 1.87 bits per heavy atom. The summed E-state index contributed by atoms with van der Waals surface area (Å²) >= 11 is 0. The molecule has 1 fully saturated rings. The molecule has 1 amide bonds. The van der Waals surface area contributed by atoms with Crippen LogP contribution in [0.1, 0.15) is 18.4 Å². The molecule has 1 aromatic carbocycles. The van der Waals surface area contributed by atoms with Crippen LogP contribution in [0, 0.1) is 0 Å². The highest BCUT2D eigenvalue weighted by atomic mass is 16.5. The van der Waals surface area contributed by atoms with Crippen LogP contribution in [0.3, 0.4) is 0 Å². The lowest BCUT2D eigenvalue weighted by Crippen LogP contribution is -2.41. The first-order chi connectivity index (χ1) is 11.1. The van der Waals surface area contributed by atoms with E-state index in [9.17, 15) is 4.79 Å². The zero-order valence-corrected chi connectivity index (χ0v) is 14.3. The number of ether oxygens (including phenoxy) is 3. The van der Waals surface area contributed by atoms with E-state index >= 15 is 0 Å². The van der Waals surface area contributed by atoms with Crippen LogP contribution in [0.2, 0.25) is 0 Å². The van der Waals surface area contributed by atoms with Crippen molar-refractivity contribution >= 4 is 5.91 Å². The molecular formula is C17H26N2O4. The van der Waals surface area contributed by atoms with Crippen molar-refractivity contribution in [3.05, 3.63) is 17.7 Å². The molecule has 6 heteroatoms. The van der Waals surface area contributed by atoms with Gasteiger partial charge in [-0.3, -0.25) is 4.79 Å². The van der Waals surface area contributed by atoms with Gasteiger partial charge in [-0.15, -0.1) is 0 Å². The normalized spacial score (nSPS) is 17.2. The van der Waals surface area contributed by atoms with Gasteiger partial charge in [-0.05, 0) is 37.6 Å². The van der Waals surface area contributed by atoms with Gasteiger partial charge in [0.05, 0.1) is 27.8 Å². The van der Waals surface area contributed by atoms with E-state index in [0.29, 0.717) is 23.7 Å².